The van der Waals surface area contributed by atoms with Gasteiger partial charge in [0.2, 0.25) is 5.91 Å². The van der Waals surface area contributed by atoms with Crippen LogP contribution in [0.15, 0.2) is 61.2 Å². The summed E-state index contributed by atoms with van der Waals surface area (Å²) < 4.78 is 0. The molecule has 0 saturated carbocycles. The molecular formula is C28H33N5O4S. The number of hydrogen-bond acceptors (Lipinski definition) is 7. The largest absolute Gasteiger partial charge is 0.398 e. The molecule has 0 bridgehead atoms. The molecular weight excluding hydrogens is 502 g/mol. The number of nitrogens with zero attached hydrogens (tertiary/aromatic N) is 1. The van der Waals surface area contributed by atoms with Gasteiger partial charge in [-0.2, -0.15) is 0 Å². The molecule has 38 heavy (non-hydrogen) atoms. The lowest BCUT2D eigenvalue weighted by Gasteiger charge is -2.33. The summed E-state index contributed by atoms with van der Waals surface area (Å²) in [6.07, 6.45) is 5.95. The Morgan fingerprint density at radius 1 is 1.24 bits per heavy atom. The molecule has 2 aromatic carbocycles. The van der Waals surface area contributed by atoms with Crippen molar-refractivity contribution in [2.75, 3.05) is 23.9 Å². The summed E-state index contributed by atoms with van der Waals surface area (Å²) >= 11 is 1.38. The Bertz CT molecular complexity index is 1180. The van der Waals surface area contributed by atoms with Crippen molar-refractivity contribution in [2.24, 2.45) is 0 Å². The van der Waals surface area contributed by atoms with Gasteiger partial charge in [0.1, 0.15) is 6.04 Å². The van der Waals surface area contributed by atoms with Gasteiger partial charge in [0.25, 0.3) is 11.8 Å². The predicted octanol–water partition coefficient (Wildman–Crippen LogP) is 1.81. The molecule has 2 aromatic rings. The quantitative estimate of drug-likeness (QED) is 0.0819. The number of nitrogens with two attached hydrogens (primary N) is 1. The maximum atomic E-state index is 13.6. The van der Waals surface area contributed by atoms with Gasteiger partial charge in [-0.1, -0.05) is 55.3 Å². The molecule has 0 aliphatic heterocycles. The summed E-state index contributed by atoms with van der Waals surface area (Å²) in [5.41, 5.74) is 7.30. The molecule has 6 N–H and O–H groups in total. The highest BCUT2D eigenvalue weighted by Gasteiger charge is 2.36. The van der Waals surface area contributed by atoms with Crippen LogP contribution in [0.2, 0.25) is 0 Å². The molecule has 0 spiro atoms. The molecule has 0 heterocycles. The fourth-order valence-corrected chi connectivity index (χ4v) is 4.40. The number of carbonyl (C=O) groups is 3. The lowest BCUT2D eigenvalue weighted by atomic mass is 9.98. The second-order valence-electron chi connectivity index (χ2n) is 8.20. The fraction of sp³-hybridized carbons (Fsp3) is 0.286. The predicted molar refractivity (Wildman–Crippen MR) is 152 cm³/mol. The average Bonchev–Trinajstić information content (AvgIpc) is 2.93. The Kier molecular flexibility index (Phi) is 12.1. The van der Waals surface area contributed by atoms with E-state index in [1.165, 1.54) is 28.8 Å². The lowest BCUT2D eigenvalue weighted by molar-refractivity contribution is -0.145. The fourth-order valence-electron chi connectivity index (χ4n) is 3.73. The van der Waals surface area contributed by atoms with Gasteiger partial charge in [-0.25, -0.2) is 0 Å². The van der Waals surface area contributed by atoms with Crippen LogP contribution >= 0.6 is 11.8 Å². The van der Waals surface area contributed by atoms with Gasteiger partial charge >= 0.3 is 0 Å². The zero-order valence-corrected chi connectivity index (χ0v) is 22.0. The first-order valence-corrected chi connectivity index (χ1v) is 13.1. The molecule has 0 fully saturated rings. The smallest absolute Gasteiger partial charge is 0.255 e. The number of anilines is 1. The van der Waals surface area contributed by atoms with E-state index >= 15 is 0 Å². The number of aliphatic hydroxyl groups is 1. The second kappa shape index (κ2) is 15.2. The highest BCUT2D eigenvalue weighted by Crippen LogP contribution is 2.18. The van der Waals surface area contributed by atoms with Gasteiger partial charge in [0.15, 0.2) is 6.10 Å². The van der Waals surface area contributed by atoms with E-state index < -0.39 is 35.9 Å². The van der Waals surface area contributed by atoms with Crippen molar-refractivity contribution in [1.29, 1.82) is 5.41 Å². The topological polar surface area (TPSA) is 149 Å². The molecule has 3 atom stereocenters. The van der Waals surface area contributed by atoms with E-state index in [4.69, 9.17) is 17.6 Å². The lowest BCUT2D eigenvalue weighted by Crippen LogP contribution is -2.57. The van der Waals surface area contributed by atoms with Gasteiger partial charge in [-0.3, -0.25) is 14.4 Å². The molecule has 0 aromatic heterocycles. The number of thioether (sulfide) groups is 1. The van der Waals surface area contributed by atoms with Crippen LogP contribution in [-0.4, -0.2) is 70.3 Å². The Morgan fingerprint density at radius 3 is 2.55 bits per heavy atom. The van der Waals surface area contributed by atoms with Crippen LogP contribution in [0.3, 0.4) is 0 Å². The molecule has 0 saturated heterocycles. The molecule has 2 rings (SSSR count). The van der Waals surface area contributed by atoms with E-state index in [-0.39, 0.29) is 35.7 Å². The summed E-state index contributed by atoms with van der Waals surface area (Å²) in [7, 11) is 0. The van der Waals surface area contributed by atoms with Gasteiger partial charge in [-0.05, 0) is 29.9 Å². The monoisotopic (exact) mass is 535 g/mol. The third kappa shape index (κ3) is 7.96. The Morgan fingerprint density at radius 2 is 1.95 bits per heavy atom. The van der Waals surface area contributed by atoms with Crippen molar-refractivity contribution in [3.05, 3.63) is 77.9 Å². The SMILES string of the molecule is C#CCNC(=O)[C@H](C=C)N(CSCC)C(=O)[C@@H](O)[C@H](Cc1ccccc1)NC(=O)c1cccc(N)c1C=N. The first-order valence-electron chi connectivity index (χ1n) is 11.9. The number of rotatable bonds is 14. The summed E-state index contributed by atoms with van der Waals surface area (Å²) in [6.45, 7) is 5.56. The number of aliphatic hydroxyl groups excluding tert-OH is 1. The van der Waals surface area contributed by atoms with Crippen molar-refractivity contribution in [1.82, 2.24) is 15.5 Å². The van der Waals surface area contributed by atoms with Crippen molar-refractivity contribution in [3.63, 3.8) is 0 Å². The number of carbonyl (C=O) groups excluding carboxylic acids is 3. The van der Waals surface area contributed by atoms with Gasteiger partial charge in [0.05, 0.1) is 24.0 Å². The number of nitrogen functional groups attached to an aromatic ring is 1. The normalized spacial score (nSPS) is 12.8. The van der Waals surface area contributed by atoms with Gasteiger partial charge < -0.3 is 31.8 Å². The number of amides is 3. The molecule has 3 amide bonds. The van der Waals surface area contributed by atoms with Crippen LogP contribution in [0.1, 0.15) is 28.4 Å². The number of terminal acetylenes is 1. The van der Waals surface area contributed by atoms with Crippen molar-refractivity contribution in [3.8, 4) is 12.3 Å². The first-order chi connectivity index (χ1) is 18.3. The highest BCUT2D eigenvalue weighted by molar-refractivity contribution is 7.99. The minimum absolute atomic E-state index is 0.0308. The van der Waals surface area contributed by atoms with E-state index in [9.17, 15) is 19.5 Å². The zero-order valence-electron chi connectivity index (χ0n) is 21.2. The van der Waals surface area contributed by atoms with Crippen molar-refractivity contribution in [2.45, 2.75) is 31.5 Å². The molecule has 200 valence electrons. The molecule has 0 radical (unpaired) electrons. The Balaban J connectivity index is 2.42. The average molecular weight is 536 g/mol. The van der Waals surface area contributed by atoms with Crippen LogP contribution in [0.25, 0.3) is 0 Å². The van der Waals surface area contributed by atoms with E-state index in [1.54, 1.807) is 24.3 Å². The van der Waals surface area contributed by atoms with Crippen LogP contribution in [-0.2, 0) is 16.0 Å². The Hall–Kier alpha value is -4.07. The highest BCUT2D eigenvalue weighted by atomic mass is 32.2. The van der Waals surface area contributed by atoms with Crippen LogP contribution in [0, 0.1) is 17.8 Å². The van der Waals surface area contributed by atoms with Crippen LogP contribution in [0.5, 0.6) is 0 Å². The third-order valence-electron chi connectivity index (χ3n) is 5.69. The van der Waals surface area contributed by atoms with Crippen LogP contribution in [0.4, 0.5) is 5.69 Å². The Labute approximate surface area is 227 Å². The summed E-state index contributed by atoms with van der Waals surface area (Å²) in [4.78, 5) is 40.8. The van der Waals surface area contributed by atoms with E-state index in [0.29, 0.717) is 5.75 Å². The summed E-state index contributed by atoms with van der Waals surface area (Å²) in [5.74, 6) is 1.17. The minimum atomic E-state index is -1.70. The third-order valence-corrected chi connectivity index (χ3v) is 6.56. The molecule has 9 nitrogen and oxygen atoms in total. The first kappa shape index (κ1) is 30.2. The molecule has 0 aliphatic rings. The summed E-state index contributed by atoms with van der Waals surface area (Å²) in [5, 5.41) is 24.2. The second-order valence-corrected chi connectivity index (χ2v) is 9.44. The van der Waals surface area contributed by atoms with E-state index in [0.717, 1.165) is 11.8 Å². The van der Waals surface area contributed by atoms with Crippen LogP contribution < -0.4 is 16.4 Å². The standard InChI is InChI=1S/C28H33N5O4S/c1-4-15-31-27(36)24(5-2)33(18-38-6-3)28(37)25(34)23(16-19-11-8-7-9-12-19)32-26(35)20-13-10-14-22(30)21(20)17-29/h1,5,7-14,17,23-25,29,34H,2,6,15-16,18,30H2,3H3,(H,31,36)(H,32,35)/t23-,24-,25-/m0/s1. The van der Waals surface area contributed by atoms with Gasteiger partial charge in [0, 0.05) is 17.5 Å². The minimum Gasteiger partial charge on any atom is -0.398 e. The number of nitrogens with one attached hydrogen (secondary N) is 3. The maximum absolute atomic E-state index is 13.6. The van der Waals surface area contributed by atoms with Crippen molar-refractivity contribution >= 4 is 41.4 Å². The molecule has 10 heteroatoms. The summed E-state index contributed by atoms with van der Waals surface area (Å²) in [6, 6.07) is 11.6. The van der Waals surface area contributed by atoms with E-state index in [2.05, 4.69) is 23.1 Å². The molecule has 0 aliphatic carbocycles. The van der Waals surface area contributed by atoms with Crippen molar-refractivity contribution < 1.29 is 19.5 Å². The number of benzene rings is 2. The van der Waals surface area contributed by atoms with E-state index in [1.807, 2.05) is 25.1 Å². The zero-order chi connectivity index (χ0) is 28.1. The van der Waals surface area contributed by atoms with Gasteiger partial charge in [-0.15, -0.1) is 24.8 Å². The number of hydrogen-bond donors (Lipinski definition) is 5. The maximum Gasteiger partial charge on any atom is 0.255 e. The molecule has 0 unspecified atom stereocenters.